The Morgan fingerprint density at radius 1 is 1.32 bits per heavy atom. The fourth-order valence-corrected chi connectivity index (χ4v) is 3.20. The summed E-state index contributed by atoms with van der Waals surface area (Å²) in [6.07, 6.45) is 1.44. The van der Waals surface area contributed by atoms with Crippen LogP contribution in [0, 0.1) is 6.92 Å². The monoisotopic (exact) mass is 334 g/mol. The second-order valence-electron chi connectivity index (χ2n) is 4.74. The molecule has 0 spiro atoms. The van der Waals surface area contributed by atoms with Gasteiger partial charge in [0.2, 0.25) is 0 Å². The highest BCUT2D eigenvalue weighted by molar-refractivity contribution is 7.20. The van der Waals surface area contributed by atoms with Gasteiger partial charge in [0.15, 0.2) is 0 Å². The van der Waals surface area contributed by atoms with Crippen molar-refractivity contribution in [2.75, 3.05) is 0 Å². The van der Waals surface area contributed by atoms with Gasteiger partial charge in [-0.15, -0.1) is 11.3 Å². The number of hydrogen-bond donors (Lipinski definition) is 0. The molecule has 5 nitrogen and oxygen atoms in total. The molecule has 0 N–H and O–H groups in total. The predicted octanol–water partition coefficient (Wildman–Crippen LogP) is 3.18. The van der Waals surface area contributed by atoms with Crippen LogP contribution >= 0.6 is 22.9 Å². The molecule has 0 bridgehead atoms. The summed E-state index contributed by atoms with van der Waals surface area (Å²) < 4.78 is 6.70. The lowest BCUT2D eigenvalue weighted by Crippen LogP contribution is -2.17. The third-order valence-corrected chi connectivity index (χ3v) is 4.65. The van der Waals surface area contributed by atoms with Crippen LogP contribution < -0.4 is 10.3 Å². The first kappa shape index (κ1) is 14.7. The van der Waals surface area contributed by atoms with E-state index in [1.165, 1.54) is 10.9 Å². The van der Waals surface area contributed by atoms with Crippen LogP contribution in [-0.4, -0.2) is 15.5 Å². The minimum absolute atomic E-state index is 0.177. The molecule has 2 aromatic heterocycles. The molecule has 2 heterocycles. The van der Waals surface area contributed by atoms with Crippen LogP contribution in [0.15, 0.2) is 35.4 Å². The fraction of sp³-hybridized carbons (Fsp3) is 0.133. The molecule has 0 saturated heterocycles. The lowest BCUT2D eigenvalue weighted by molar-refractivity contribution is 0.0739. The molecule has 0 unspecified atom stereocenters. The average molecular weight is 335 g/mol. The van der Waals surface area contributed by atoms with Gasteiger partial charge in [-0.2, -0.15) is 0 Å². The molecular formula is C15H11ClN2O3S. The van der Waals surface area contributed by atoms with Crippen LogP contribution in [0.4, 0.5) is 0 Å². The van der Waals surface area contributed by atoms with Crippen molar-refractivity contribution >= 4 is 39.1 Å². The van der Waals surface area contributed by atoms with Crippen LogP contribution in [0.1, 0.15) is 15.2 Å². The highest BCUT2D eigenvalue weighted by Gasteiger charge is 2.20. The number of aromatic nitrogens is 2. The zero-order valence-corrected chi connectivity index (χ0v) is 13.4. The van der Waals surface area contributed by atoms with Crippen molar-refractivity contribution in [3.8, 4) is 5.75 Å². The first-order chi connectivity index (χ1) is 10.5. The number of carbonyl (C=O) groups is 1. The van der Waals surface area contributed by atoms with E-state index in [1.807, 2.05) is 0 Å². The number of rotatable bonds is 2. The van der Waals surface area contributed by atoms with E-state index in [0.29, 0.717) is 31.4 Å². The van der Waals surface area contributed by atoms with Gasteiger partial charge in [0, 0.05) is 12.1 Å². The maximum absolute atomic E-state index is 12.3. The fourth-order valence-electron chi connectivity index (χ4n) is 2.06. The van der Waals surface area contributed by atoms with E-state index in [4.69, 9.17) is 16.3 Å². The standard InChI is InChI=1S/C15H11ClN2O3S/c1-8-11-13(17-7-18(2)14(11)19)22-12(8)15(20)21-10-5-3-9(16)4-6-10/h3-7H,1-2H3. The first-order valence-corrected chi connectivity index (χ1v) is 7.59. The van der Waals surface area contributed by atoms with Crippen LogP contribution in [0.25, 0.3) is 10.2 Å². The molecule has 112 valence electrons. The van der Waals surface area contributed by atoms with Gasteiger partial charge in [0.1, 0.15) is 15.5 Å². The third-order valence-electron chi connectivity index (χ3n) is 3.22. The number of fused-ring (bicyclic) bond motifs is 1. The molecule has 0 radical (unpaired) electrons. The van der Waals surface area contributed by atoms with E-state index < -0.39 is 5.97 Å². The van der Waals surface area contributed by atoms with Gasteiger partial charge >= 0.3 is 5.97 Å². The topological polar surface area (TPSA) is 61.2 Å². The molecule has 3 aromatic rings. The van der Waals surface area contributed by atoms with Gasteiger partial charge < -0.3 is 9.30 Å². The summed E-state index contributed by atoms with van der Waals surface area (Å²) in [5, 5.41) is 1.02. The van der Waals surface area contributed by atoms with Crippen LogP contribution in [0.2, 0.25) is 5.02 Å². The molecule has 7 heteroatoms. The van der Waals surface area contributed by atoms with Gasteiger partial charge in [-0.25, -0.2) is 9.78 Å². The number of ether oxygens (including phenoxy) is 1. The summed E-state index contributed by atoms with van der Waals surface area (Å²) in [5.41, 5.74) is 0.414. The number of hydrogen-bond acceptors (Lipinski definition) is 5. The molecule has 0 fully saturated rings. The van der Waals surface area contributed by atoms with Crippen LogP contribution in [-0.2, 0) is 7.05 Å². The number of halogens is 1. The molecule has 1 aromatic carbocycles. The van der Waals surface area contributed by atoms with Crippen molar-refractivity contribution in [1.82, 2.24) is 9.55 Å². The van der Waals surface area contributed by atoms with E-state index in [-0.39, 0.29) is 5.56 Å². The third kappa shape index (κ3) is 2.51. The lowest BCUT2D eigenvalue weighted by Gasteiger charge is -2.03. The zero-order chi connectivity index (χ0) is 15.9. The average Bonchev–Trinajstić information content (AvgIpc) is 2.83. The van der Waals surface area contributed by atoms with Gasteiger partial charge in [-0.3, -0.25) is 4.79 Å². The number of carbonyl (C=O) groups excluding carboxylic acids is 1. The highest BCUT2D eigenvalue weighted by Crippen LogP contribution is 2.28. The largest absolute Gasteiger partial charge is 0.422 e. The van der Waals surface area contributed by atoms with Crippen LogP contribution in [0.5, 0.6) is 5.75 Å². The molecule has 0 saturated carbocycles. The van der Waals surface area contributed by atoms with Crippen LogP contribution in [0.3, 0.4) is 0 Å². The summed E-state index contributed by atoms with van der Waals surface area (Å²) in [4.78, 5) is 29.5. The van der Waals surface area contributed by atoms with Gasteiger partial charge in [0.05, 0.1) is 11.7 Å². The Morgan fingerprint density at radius 3 is 2.68 bits per heavy atom. The Morgan fingerprint density at radius 2 is 2.00 bits per heavy atom. The number of esters is 1. The minimum atomic E-state index is -0.509. The highest BCUT2D eigenvalue weighted by atomic mass is 35.5. The number of aryl methyl sites for hydroxylation is 2. The Kier molecular flexibility index (Phi) is 3.72. The van der Waals surface area contributed by atoms with Gasteiger partial charge in [0.25, 0.3) is 5.56 Å². The first-order valence-electron chi connectivity index (χ1n) is 6.40. The summed E-state index contributed by atoms with van der Waals surface area (Å²) in [5.74, 6) is -0.114. The van der Waals surface area contributed by atoms with Crippen molar-refractivity contribution in [3.63, 3.8) is 0 Å². The van der Waals surface area contributed by atoms with E-state index in [1.54, 1.807) is 38.2 Å². The zero-order valence-electron chi connectivity index (χ0n) is 11.8. The Hall–Kier alpha value is -2.18. The molecule has 22 heavy (non-hydrogen) atoms. The molecule has 3 rings (SSSR count). The quantitative estimate of drug-likeness (QED) is 0.533. The SMILES string of the molecule is Cc1c(C(=O)Oc2ccc(Cl)cc2)sc2ncn(C)c(=O)c12. The van der Waals surface area contributed by atoms with E-state index in [2.05, 4.69) is 4.98 Å². The normalized spacial score (nSPS) is 10.9. The second-order valence-corrected chi connectivity index (χ2v) is 6.18. The van der Waals surface area contributed by atoms with E-state index in [9.17, 15) is 9.59 Å². The molecule has 0 amide bonds. The molecule has 0 aliphatic rings. The summed E-state index contributed by atoms with van der Waals surface area (Å²) >= 11 is 6.94. The van der Waals surface area contributed by atoms with Crippen molar-refractivity contribution in [2.24, 2.45) is 7.05 Å². The summed E-state index contributed by atoms with van der Waals surface area (Å²) in [7, 11) is 1.62. The number of nitrogens with zero attached hydrogens (tertiary/aromatic N) is 2. The van der Waals surface area contributed by atoms with Crippen molar-refractivity contribution in [2.45, 2.75) is 6.92 Å². The van der Waals surface area contributed by atoms with Crippen molar-refractivity contribution in [3.05, 3.63) is 56.4 Å². The second kappa shape index (κ2) is 5.55. The Balaban J connectivity index is 2.01. The van der Waals surface area contributed by atoms with Crippen molar-refractivity contribution < 1.29 is 9.53 Å². The van der Waals surface area contributed by atoms with Gasteiger partial charge in [-0.05, 0) is 36.8 Å². The maximum Gasteiger partial charge on any atom is 0.354 e. The number of thiophene rings is 1. The van der Waals surface area contributed by atoms with E-state index >= 15 is 0 Å². The summed E-state index contributed by atoms with van der Waals surface area (Å²) in [6.45, 7) is 1.72. The molecule has 0 aliphatic heterocycles. The van der Waals surface area contributed by atoms with Gasteiger partial charge in [-0.1, -0.05) is 11.6 Å². The van der Waals surface area contributed by atoms with Crippen molar-refractivity contribution in [1.29, 1.82) is 0 Å². The number of benzene rings is 1. The summed E-state index contributed by atoms with van der Waals surface area (Å²) in [6, 6.07) is 6.50. The predicted molar refractivity (Wildman–Crippen MR) is 86.0 cm³/mol. The minimum Gasteiger partial charge on any atom is -0.422 e. The lowest BCUT2D eigenvalue weighted by atomic mass is 10.2. The maximum atomic E-state index is 12.3. The van der Waals surface area contributed by atoms with E-state index in [0.717, 1.165) is 11.3 Å². The smallest absolute Gasteiger partial charge is 0.354 e. The Bertz CT molecular complexity index is 928. The Labute approximate surface area is 134 Å². The molecule has 0 atom stereocenters. The molecule has 0 aliphatic carbocycles. The molecular weight excluding hydrogens is 324 g/mol.